The molecule has 3 rings (SSSR count). The van der Waals surface area contributed by atoms with Gasteiger partial charge in [-0.2, -0.15) is 0 Å². The molecule has 0 atom stereocenters. The van der Waals surface area contributed by atoms with Crippen LogP contribution in [0.15, 0.2) is 24.3 Å². The van der Waals surface area contributed by atoms with E-state index in [-0.39, 0.29) is 18.4 Å². The molecule has 6 nitrogen and oxygen atoms in total. The van der Waals surface area contributed by atoms with Crippen molar-refractivity contribution in [3.8, 4) is 0 Å². The van der Waals surface area contributed by atoms with Gasteiger partial charge in [-0.15, -0.1) is 0 Å². The second-order valence-corrected chi connectivity index (χ2v) is 7.74. The predicted molar refractivity (Wildman–Crippen MR) is 103 cm³/mol. The van der Waals surface area contributed by atoms with Crippen LogP contribution in [0.3, 0.4) is 0 Å². The summed E-state index contributed by atoms with van der Waals surface area (Å²) in [4.78, 5) is 40.6. The Labute approximate surface area is 160 Å². The molecule has 1 aromatic rings. The predicted octanol–water partition coefficient (Wildman–Crippen LogP) is 2.85. The van der Waals surface area contributed by atoms with Crippen molar-refractivity contribution in [1.82, 2.24) is 15.1 Å². The lowest BCUT2D eigenvalue weighted by Crippen LogP contribution is -2.47. The molecule has 0 bridgehead atoms. The summed E-state index contributed by atoms with van der Waals surface area (Å²) >= 11 is 0. The van der Waals surface area contributed by atoms with Gasteiger partial charge in [-0.1, -0.05) is 56.9 Å². The Morgan fingerprint density at radius 1 is 1.07 bits per heavy atom. The number of nitrogens with zero attached hydrogens (tertiary/aromatic N) is 2. The van der Waals surface area contributed by atoms with Crippen LogP contribution in [0, 0.1) is 0 Å². The molecule has 1 N–H and O–H groups in total. The molecular weight excluding hydrogens is 342 g/mol. The zero-order valence-electron chi connectivity index (χ0n) is 16.3. The minimum atomic E-state index is -0.789. The van der Waals surface area contributed by atoms with Crippen molar-refractivity contribution >= 4 is 17.8 Å². The fourth-order valence-electron chi connectivity index (χ4n) is 3.99. The zero-order valence-corrected chi connectivity index (χ0v) is 16.3. The van der Waals surface area contributed by atoms with Gasteiger partial charge in [0.1, 0.15) is 12.1 Å². The van der Waals surface area contributed by atoms with E-state index in [0.717, 1.165) is 42.6 Å². The molecule has 1 aromatic carbocycles. The first-order valence-corrected chi connectivity index (χ1v) is 9.91. The van der Waals surface area contributed by atoms with Crippen LogP contribution in [0.25, 0.3) is 0 Å². The topological polar surface area (TPSA) is 69.7 Å². The summed E-state index contributed by atoms with van der Waals surface area (Å²) in [5.41, 5.74) is 1.49. The summed E-state index contributed by atoms with van der Waals surface area (Å²) in [6, 6.07) is 7.70. The number of benzene rings is 1. The first-order chi connectivity index (χ1) is 12.9. The largest absolute Gasteiger partial charge is 0.340 e. The average Bonchev–Trinajstić information content (AvgIpc) is 2.83. The zero-order chi connectivity index (χ0) is 19.4. The molecule has 0 unspecified atom stereocenters. The highest BCUT2D eigenvalue weighted by atomic mass is 16.2. The number of hydrogen-bond acceptors (Lipinski definition) is 3. The summed E-state index contributed by atoms with van der Waals surface area (Å²) in [6.07, 6.45) is 6.35. The van der Waals surface area contributed by atoms with Crippen LogP contribution >= 0.6 is 0 Å². The standard InChI is InChI=1S/C21H29N3O3/c1-3-16-8-10-17(11-9-16)14-23(2)18(25)15-24-19(26)21(22-20(24)27)12-6-4-5-7-13-21/h8-11H,3-7,12-15H2,1-2H3,(H,22,27). The van der Waals surface area contributed by atoms with Crippen molar-refractivity contribution in [2.24, 2.45) is 0 Å². The molecule has 2 fully saturated rings. The Hall–Kier alpha value is -2.37. The number of urea groups is 1. The van der Waals surface area contributed by atoms with Gasteiger partial charge in [-0.3, -0.25) is 14.5 Å². The molecule has 0 aromatic heterocycles. The Bertz CT molecular complexity index is 706. The van der Waals surface area contributed by atoms with Crippen molar-refractivity contribution in [2.45, 2.75) is 64.0 Å². The normalized spacial score (nSPS) is 19.1. The highest BCUT2D eigenvalue weighted by molar-refractivity contribution is 6.09. The Morgan fingerprint density at radius 2 is 1.67 bits per heavy atom. The molecule has 1 saturated heterocycles. The second kappa shape index (κ2) is 8.11. The van der Waals surface area contributed by atoms with E-state index in [2.05, 4.69) is 24.4 Å². The van der Waals surface area contributed by atoms with Crippen molar-refractivity contribution in [3.63, 3.8) is 0 Å². The minimum absolute atomic E-state index is 0.198. The maximum atomic E-state index is 12.9. The van der Waals surface area contributed by atoms with E-state index >= 15 is 0 Å². The summed E-state index contributed by atoms with van der Waals surface area (Å²) in [5, 5.41) is 2.88. The number of amides is 4. The molecular formula is C21H29N3O3. The molecule has 27 heavy (non-hydrogen) atoms. The maximum Gasteiger partial charge on any atom is 0.325 e. The SMILES string of the molecule is CCc1ccc(CN(C)C(=O)CN2C(=O)NC3(CCCCCC3)C2=O)cc1. The molecule has 1 aliphatic heterocycles. The van der Waals surface area contributed by atoms with Crippen molar-refractivity contribution < 1.29 is 14.4 Å². The van der Waals surface area contributed by atoms with E-state index in [1.54, 1.807) is 11.9 Å². The number of carbonyl (C=O) groups excluding carboxylic acids is 3. The van der Waals surface area contributed by atoms with E-state index in [1.807, 2.05) is 12.1 Å². The van der Waals surface area contributed by atoms with Crippen molar-refractivity contribution in [1.29, 1.82) is 0 Å². The number of imide groups is 1. The molecule has 146 valence electrons. The van der Waals surface area contributed by atoms with Gasteiger partial charge in [0.25, 0.3) is 5.91 Å². The smallest absolute Gasteiger partial charge is 0.325 e. The number of hydrogen-bond donors (Lipinski definition) is 1. The highest BCUT2D eigenvalue weighted by Gasteiger charge is 2.51. The number of nitrogens with one attached hydrogen (secondary N) is 1. The minimum Gasteiger partial charge on any atom is -0.340 e. The summed E-state index contributed by atoms with van der Waals surface area (Å²) in [7, 11) is 1.70. The van der Waals surface area contributed by atoms with Crippen LogP contribution in [0.2, 0.25) is 0 Å². The maximum absolute atomic E-state index is 12.9. The van der Waals surface area contributed by atoms with E-state index in [4.69, 9.17) is 0 Å². The van der Waals surface area contributed by atoms with Crippen molar-refractivity contribution in [3.05, 3.63) is 35.4 Å². The molecule has 2 aliphatic rings. The summed E-state index contributed by atoms with van der Waals surface area (Å²) < 4.78 is 0. The molecule has 1 spiro atoms. The number of likely N-dealkylation sites (N-methyl/N-ethyl adjacent to an activating group) is 1. The highest BCUT2D eigenvalue weighted by Crippen LogP contribution is 2.32. The van der Waals surface area contributed by atoms with E-state index in [9.17, 15) is 14.4 Å². The van der Waals surface area contributed by atoms with Gasteiger partial charge in [0.05, 0.1) is 0 Å². The first kappa shape index (κ1) is 19.4. The lowest BCUT2D eigenvalue weighted by Gasteiger charge is -2.25. The van der Waals surface area contributed by atoms with Crippen LogP contribution in [0.1, 0.15) is 56.6 Å². The molecule has 0 radical (unpaired) electrons. The van der Waals surface area contributed by atoms with Gasteiger partial charge in [0, 0.05) is 13.6 Å². The second-order valence-electron chi connectivity index (χ2n) is 7.74. The molecule has 1 heterocycles. The first-order valence-electron chi connectivity index (χ1n) is 9.91. The van der Waals surface area contributed by atoms with E-state index in [1.165, 1.54) is 5.56 Å². The van der Waals surface area contributed by atoms with Crippen LogP contribution in [0.5, 0.6) is 0 Å². The third-order valence-electron chi connectivity index (χ3n) is 5.77. The van der Waals surface area contributed by atoms with E-state index < -0.39 is 11.6 Å². The lowest BCUT2D eigenvalue weighted by molar-refractivity contribution is -0.138. The molecule has 6 heteroatoms. The molecule has 1 aliphatic carbocycles. The Kier molecular flexibility index (Phi) is 5.82. The average molecular weight is 371 g/mol. The van der Waals surface area contributed by atoms with Gasteiger partial charge in [0.15, 0.2) is 0 Å². The summed E-state index contributed by atoms with van der Waals surface area (Å²) in [5.74, 6) is -0.466. The Balaban J connectivity index is 1.62. The van der Waals surface area contributed by atoms with Crippen LogP contribution in [-0.2, 0) is 22.6 Å². The fraction of sp³-hybridized carbons (Fsp3) is 0.571. The van der Waals surface area contributed by atoms with Gasteiger partial charge in [-0.05, 0) is 30.4 Å². The molecule has 4 amide bonds. The number of carbonyl (C=O) groups is 3. The lowest BCUT2D eigenvalue weighted by atomic mass is 9.90. The Morgan fingerprint density at radius 3 is 2.26 bits per heavy atom. The fourth-order valence-corrected chi connectivity index (χ4v) is 3.99. The van der Waals surface area contributed by atoms with Gasteiger partial charge in [0.2, 0.25) is 5.91 Å². The number of rotatable bonds is 5. The number of aryl methyl sites for hydroxylation is 1. The van der Waals surface area contributed by atoms with Gasteiger partial charge >= 0.3 is 6.03 Å². The molecule has 1 saturated carbocycles. The summed E-state index contributed by atoms with van der Waals surface area (Å²) in [6.45, 7) is 2.36. The van der Waals surface area contributed by atoms with Crippen LogP contribution in [0.4, 0.5) is 4.79 Å². The van der Waals surface area contributed by atoms with Gasteiger partial charge in [-0.25, -0.2) is 4.79 Å². The van der Waals surface area contributed by atoms with Gasteiger partial charge < -0.3 is 10.2 Å². The van der Waals surface area contributed by atoms with Crippen LogP contribution in [-0.4, -0.2) is 46.8 Å². The third-order valence-corrected chi connectivity index (χ3v) is 5.77. The van der Waals surface area contributed by atoms with E-state index in [0.29, 0.717) is 19.4 Å². The van der Waals surface area contributed by atoms with Crippen molar-refractivity contribution in [2.75, 3.05) is 13.6 Å². The van der Waals surface area contributed by atoms with Crippen LogP contribution < -0.4 is 5.32 Å². The monoisotopic (exact) mass is 371 g/mol. The third kappa shape index (κ3) is 4.15. The quantitative estimate of drug-likeness (QED) is 0.809.